The average molecular weight is 302 g/mol. The monoisotopic (exact) mass is 302 g/mol. The van der Waals surface area contributed by atoms with Crippen LogP contribution in [0.2, 0.25) is 6.04 Å². The largest absolute Gasteiger partial charge is 0.462 e. The van der Waals surface area contributed by atoms with Crippen LogP contribution in [0.3, 0.4) is 0 Å². The number of hydrogen-bond donors (Lipinski definition) is 0. The second-order valence-corrected chi connectivity index (χ2v) is 6.76. The highest BCUT2D eigenvalue weighted by Crippen LogP contribution is 2.06. The number of carbonyl (C=O) groups excluding carboxylic acids is 1. The summed E-state index contributed by atoms with van der Waals surface area (Å²) in [7, 11) is -0.301. The third kappa shape index (κ3) is 11.2. The zero-order valence-electron chi connectivity index (χ0n) is 13.3. The molecule has 0 aromatic rings. The van der Waals surface area contributed by atoms with Crippen LogP contribution in [0.15, 0.2) is 12.2 Å². The summed E-state index contributed by atoms with van der Waals surface area (Å²) in [6.07, 6.45) is 4.44. The van der Waals surface area contributed by atoms with Gasteiger partial charge in [-0.05, 0) is 27.2 Å². The summed E-state index contributed by atoms with van der Waals surface area (Å²) in [4.78, 5) is 11.1. The van der Waals surface area contributed by atoms with E-state index in [4.69, 9.17) is 14.2 Å². The molecule has 118 valence electrons. The van der Waals surface area contributed by atoms with Crippen LogP contribution in [0.25, 0.3) is 0 Å². The summed E-state index contributed by atoms with van der Waals surface area (Å²) in [5.74, 6) is -0.199. The fourth-order valence-electron chi connectivity index (χ4n) is 1.82. The van der Waals surface area contributed by atoms with Crippen LogP contribution in [-0.4, -0.2) is 41.2 Å². The molecule has 20 heavy (non-hydrogen) atoms. The predicted octanol–water partition coefficient (Wildman–Crippen LogP) is 2.61. The van der Waals surface area contributed by atoms with Gasteiger partial charge in [0.25, 0.3) is 0 Å². The highest BCUT2D eigenvalue weighted by molar-refractivity contribution is 6.36. The molecule has 5 heteroatoms. The number of hydrogen-bond acceptors (Lipinski definition) is 4. The van der Waals surface area contributed by atoms with Gasteiger partial charge in [0.05, 0.1) is 16.1 Å². The number of unbranched alkanes of at least 4 members (excludes halogenated alkanes) is 3. The first-order chi connectivity index (χ1) is 9.61. The van der Waals surface area contributed by atoms with Gasteiger partial charge in [0, 0.05) is 18.8 Å². The molecule has 0 radical (unpaired) electrons. The summed E-state index contributed by atoms with van der Waals surface area (Å²) in [5.41, 5.74) is 0.467. The van der Waals surface area contributed by atoms with Gasteiger partial charge in [-0.2, -0.15) is 0 Å². The lowest BCUT2D eigenvalue weighted by atomic mass is 10.2. The van der Waals surface area contributed by atoms with Crippen LogP contribution in [-0.2, 0) is 19.0 Å². The zero-order valence-corrected chi connectivity index (χ0v) is 14.7. The van der Waals surface area contributed by atoms with Gasteiger partial charge in [0.1, 0.15) is 5.91 Å². The third-order valence-electron chi connectivity index (χ3n) is 2.87. The fourth-order valence-corrected chi connectivity index (χ4v) is 3.60. The molecule has 0 saturated heterocycles. The Morgan fingerprint density at radius 2 is 1.70 bits per heavy atom. The van der Waals surface area contributed by atoms with Crippen LogP contribution in [0.1, 0.15) is 46.5 Å². The molecule has 0 aromatic heterocycles. The molecule has 0 unspecified atom stereocenters. The van der Waals surface area contributed by atoms with Gasteiger partial charge in [-0.3, -0.25) is 0 Å². The lowest BCUT2D eigenvalue weighted by Crippen LogP contribution is -2.24. The minimum Gasteiger partial charge on any atom is -0.462 e. The van der Waals surface area contributed by atoms with E-state index >= 15 is 0 Å². The third-order valence-corrected chi connectivity index (χ3v) is 4.72. The summed E-state index contributed by atoms with van der Waals surface area (Å²) in [6, 6.07) is 1.25. The van der Waals surface area contributed by atoms with E-state index in [1.807, 2.05) is 13.8 Å². The van der Waals surface area contributed by atoms with E-state index in [2.05, 4.69) is 6.58 Å². The molecule has 0 heterocycles. The minimum absolute atomic E-state index is 0.0847. The summed E-state index contributed by atoms with van der Waals surface area (Å²) in [5, 5.41) is 0. The van der Waals surface area contributed by atoms with Crippen LogP contribution >= 0.6 is 0 Å². The van der Waals surface area contributed by atoms with Crippen LogP contribution in [0.5, 0.6) is 0 Å². The van der Waals surface area contributed by atoms with Gasteiger partial charge in [0.2, 0.25) is 0 Å². The van der Waals surface area contributed by atoms with E-state index in [1.165, 1.54) is 18.9 Å². The summed E-state index contributed by atoms with van der Waals surface area (Å²) >= 11 is 0. The molecule has 0 saturated carbocycles. The number of ether oxygens (including phenoxy) is 3. The van der Waals surface area contributed by atoms with Gasteiger partial charge < -0.3 is 14.2 Å². The molecule has 4 nitrogen and oxygen atoms in total. The maximum Gasteiger partial charge on any atom is 0.333 e. The van der Waals surface area contributed by atoms with Crippen molar-refractivity contribution in [2.45, 2.75) is 58.4 Å². The smallest absolute Gasteiger partial charge is 0.333 e. The Bertz CT molecular complexity index is 263. The van der Waals surface area contributed by atoms with E-state index in [-0.39, 0.29) is 21.4 Å². The van der Waals surface area contributed by atoms with E-state index in [0.29, 0.717) is 12.2 Å². The molecule has 0 aliphatic carbocycles. The molecule has 0 N–H and O–H groups in total. The minimum atomic E-state index is -0.301. The first-order valence-corrected chi connectivity index (χ1v) is 9.49. The molecule has 0 rings (SSSR count). The molecular weight excluding hydrogens is 272 g/mol. The first kappa shape index (κ1) is 19.3. The van der Waals surface area contributed by atoms with Crippen molar-refractivity contribution in [3.8, 4) is 0 Å². The van der Waals surface area contributed by atoms with Crippen molar-refractivity contribution in [3.63, 3.8) is 0 Å². The van der Waals surface area contributed by atoms with Crippen LogP contribution in [0.4, 0.5) is 0 Å². The molecular formula is C15H30O4Si. The fraction of sp³-hybridized carbons (Fsp3) is 0.800. The SMILES string of the molecule is C=C(C)C(=O)OCCCCCC[SiH2]C(OCC)OCC. The Hall–Kier alpha value is -0.653. The van der Waals surface area contributed by atoms with Gasteiger partial charge >= 0.3 is 5.97 Å². The Labute approximate surface area is 125 Å². The second-order valence-electron chi connectivity index (χ2n) is 4.81. The molecule has 0 amide bonds. The lowest BCUT2D eigenvalue weighted by Gasteiger charge is -2.16. The molecule has 0 bridgehead atoms. The molecule has 0 aliphatic rings. The number of carbonyl (C=O) groups is 1. The Balaban J connectivity index is 3.39. The Morgan fingerprint density at radius 1 is 1.10 bits per heavy atom. The normalized spacial score (nSPS) is 11.4. The van der Waals surface area contributed by atoms with Crippen molar-refractivity contribution in [3.05, 3.63) is 12.2 Å². The van der Waals surface area contributed by atoms with Gasteiger partial charge in [-0.25, -0.2) is 4.79 Å². The maximum absolute atomic E-state index is 11.1. The van der Waals surface area contributed by atoms with Crippen molar-refractivity contribution < 1.29 is 19.0 Å². The Kier molecular flexibility index (Phi) is 12.9. The molecule has 0 spiro atoms. The molecule has 0 atom stereocenters. The van der Waals surface area contributed by atoms with Gasteiger partial charge in [-0.15, -0.1) is 0 Å². The first-order valence-electron chi connectivity index (χ1n) is 7.67. The van der Waals surface area contributed by atoms with Gasteiger partial charge in [-0.1, -0.05) is 31.9 Å². The summed E-state index contributed by atoms with van der Waals surface area (Å²) in [6.45, 7) is 11.2. The molecule has 0 aromatic carbocycles. The van der Waals surface area contributed by atoms with E-state index in [9.17, 15) is 4.79 Å². The number of esters is 1. The number of rotatable bonds is 13. The standard InChI is InChI=1S/C15H30O4Si/c1-5-17-15(18-6-2)20-12-10-8-7-9-11-19-14(16)13(3)4/h15H,3,5-12,20H2,1-2,4H3. The van der Waals surface area contributed by atoms with Crippen LogP contribution < -0.4 is 0 Å². The average Bonchev–Trinajstić information content (AvgIpc) is 2.41. The zero-order chi connectivity index (χ0) is 15.2. The van der Waals surface area contributed by atoms with E-state index < -0.39 is 0 Å². The quantitative estimate of drug-likeness (QED) is 0.172. The summed E-state index contributed by atoms with van der Waals surface area (Å²) < 4.78 is 16.1. The lowest BCUT2D eigenvalue weighted by molar-refractivity contribution is -0.139. The Morgan fingerprint density at radius 3 is 2.25 bits per heavy atom. The maximum atomic E-state index is 11.1. The highest BCUT2D eigenvalue weighted by atomic mass is 28.2. The topological polar surface area (TPSA) is 44.8 Å². The van der Waals surface area contributed by atoms with Crippen molar-refractivity contribution in [1.82, 2.24) is 0 Å². The van der Waals surface area contributed by atoms with E-state index in [0.717, 1.165) is 26.1 Å². The molecule has 0 aliphatic heterocycles. The highest BCUT2D eigenvalue weighted by Gasteiger charge is 2.07. The van der Waals surface area contributed by atoms with E-state index in [1.54, 1.807) is 6.92 Å². The van der Waals surface area contributed by atoms with Crippen molar-refractivity contribution in [2.75, 3.05) is 19.8 Å². The van der Waals surface area contributed by atoms with Crippen molar-refractivity contribution >= 4 is 15.5 Å². The molecule has 0 fully saturated rings. The van der Waals surface area contributed by atoms with Gasteiger partial charge in [0.15, 0.2) is 0 Å². The second kappa shape index (κ2) is 13.3. The van der Waals surface area contributed by atoms with Crippen molar-refractivity contribution in [2.24, 2.45) is 0 Å². The van der Waals surface area contributed by atoms with Crippen molar-refractivity contribution in [1.29, 1.82) is 0 Å². The van der Waals surface area contributed by atoms with Crippen LogP contribution in [0, 0.1) is 0 Å². The predicted molar refractivity (Wildman–Crippen MR) is 84.6 cm³/mol.